The van der Waals surface area contributed by atoms with Crippen LogP contribution < -0.4 is 15.2 Å². The van der Waals surface area contributed by atoms with E-state index in [2.05, 4.69) is 28.0 Å². The SMILES string of the molecule is CCc1nn(C)c(COc2c(CN)cccc2OC)c1Br. The van der Waals surface area contributed by atoms with Gasteiger partial charge in [-0.3, -0.25) is 4.68 Å². The maximum atomic E-state index is 5.96. The molecule has 1 aromatic carbocycles. The van der Waals surface area contributed by atoms with Crippen molar-refractivity contribution in [3.63, 3.8) is 0 Å². The number of rotatable bonds is 6. The van der Waals surface area contributed by atoms with E-state index in [1.54, 1.807) is 7.11 Å². The van der Waals surface area contributed by atoms with E-state index in [1.807, 2.05) is 29.9 Å². The van der Waals surface area contributed by atoms with Crippen molar-refractivity contribution in [2.24, 2.45) is 12.8 Å². The predicted molar refractivity (Wildman–Crippen MR) is 85.5 cm³/mol. The molecule has 21 heavy (non-hydrogen) atoms. The van der Waals surface area contributed by atoms with E-state index in [0.717, 1.165) is 27.8 Å². The molecule has 5 nitrogen and oxygen atoms in total. The molecule has 1 aromatic heterocycles. The second kappa shape index (κ2) is 6.95. The summed E-state index contributed by atoms with van der Waals surface area (Å²) in [6.07, 6.45) is 0.872. The Morgan fingerprint density at radius 2 is 2.14 bits per heavy atom. The molecule has 0 aliphatic heterocycles. The van der Waals surface area contributed by atoms with Gasteiger partial charge in [-0.15, -0.1) is 0 Å². The summed E-state index contributed by atoms with van der Waals surface area (Å²) in [5.74, 6) is 1.38. The summed E-state index contributed by atoms with van der Waals surface area (Å²) >= 11 is 3.59. The van der Waals surface area contributed by atoms with Gasteiger partial charge in [0.05, 0.1) is 23.0 Å². The van der Waals surface area contributed by atoms with E-state index >= 15 is 0 Å². The van der Waals surface area contributed by atoms with Crippen LogP contribution in [0.5, 0.6) is 11.5 Å². The van der Waals surface area contributed by atoms with Gasteiger partial charge in [0.1, 0.15) is 6.61 Å². The van der Waals surface area contributed by atoms with Gasteiger partial charge >= 0.3 is 0 Å². The van der Waals surface area contributed by atoms with Gasteiger partial charge < -0.3 is 15.2 Å². The van der Waals surface area contributed by atoms with Crippen LogP contribution in [0.3, 0.4) is 0 Å². The van der Waals surface area contributed by atoms with E-state index in [4.69, 9.17) is 15.2 Å². The third-order valence-electron chi connectivity index (χ3n) is 3.36. The average molecular weight is 354 g/mol. The lowest BCUT2D eigenvalue weighted by Crippen LogP contribution is -2.07. The highest BCUT2D eigenvalue weighted by molar-refractivity contribution is 9.10. The largest absolute Gasteiger partial charge is 0.493 e. The van der Waals surface area contributed by atoms with Crippen molar-refractivity contribution in [3.05, 3.63) is 39.6 Å². The van der Waals surface area contributed by atoms with Gasteiger partial charge in [-0.2, -0.15) is 5.10 Å². The van der Waals surface area contributed by atoms with Gasteiger partial charge in [0, 0.05) is 19.2 Å². The first-order valence-corrected chi connectivity index (χ1v) is 7.60. The number of ether oxygens (including phenoxy) is 2. The van der Waals surface area contributed by atoms with Crippen LogP contribution in [-0.2, 0) is 26.6 Å². The fourth-order valence-corrected chi connectivity index (χ4v) is 2.89. The number of aryl methyl sites for hydroxylation is 2. The van der Waals surface area contributed by atoms with Gasteiger partial charge in [0.15, 0.2) is 11.5 Å². The molecule has 0 aliphatic rings. The first-order valence-electron chi connectivity index (χ1n) is 6.81. The van der Waals surface area contributed by atoms with Crippen molar-refractivity contribution in [2.75, 3.05) is 7.11 Å². The summed E-state index contributed by atoms with van der Waals surface area (Å²) in [6, 6.07) is 5.71. The highest BCUT2D eigenvalue weighted by Gasteiger charge is 2.15. The number of hydrogen-bond donors (Lipinski definition) is 1. The maximum Gasteiger partial charge on any atom is 0.166 e. The van der Waals surface area contributed by atoms with Crippen molar-refractivity contribution >= 4 is 15.9 Å². The van der Waals surface area contributed by atoms with Crippen LogP contribution >= 0.6 is 15.9 Å². The molecular formula is C15H20BrN3O2. The molecule has 1 heterocycles. The fraction of sp³-hybridized carbons (Fsp3) is 0.400. The van der Waals surface area contributed by atoms with Crippen LogP contribution in [0, 0.1) is 0 Å². The molecule has 2 aromatic rings. The molecule has 2 rings (SSSR count). The monoisotopic (exact) mass is 353 g/mol. The van der Waals surface area contributed by atoms with Crippen LogP contribution in [0.1, 0.15) is 23.9 Å². The molecular weight excluding hydrogens is 334 g/mol. The number of methoxy groups -OCH3 is 1. The van der Waals surface area contributed by atoms with Crippen LogP contribution in [0.15, 0.2) is 22.7 Å². The standard InChI is InChI=1S/C15H20BrN3O2/c1-4-11-14(16)12(19(2)18-11)9-21-15-10(8-17)6-5-7-13(15)20-3/h5-7H,4,8-9,17H2,1-3H3. The van der Waals surface area contributed by atoms with E-state index in [1.165, 1.54) is 0 Å². The molecule has 2 N–H and O–H groups in total. The highest BCUT2D eigenvalue weighted by atomic mass is 79.9. The molecule has 0 spiro atoms. The highest BCUT2D eigenvalue weighted by Crippen LogP contribution is 2.32. The lowest BCUT2D eigenvalue weighted by atomic mass is 10.2. The molecule has 0 atom stereocenters. The second-order valence-electron chi connectivity index (χ2n) is 4.63. The Kier molecular flexibility index (Phi) is 5.25. The molecule has 0 unspecified atom stereocenters. The Morgan fingerprint density at radius 1 is 1.38 bits per heavy atom. The van der Waals surface area contributed by atoms with Crippen molar-refractivity contribution in [3.8, 4) is 11.5 Å². The number of nitrogens with zero attached hydrogens (tertiary/aromatic N) is 2. The Bertz CT molecular complexity index is 603. The third-order valence-corrected chi connectivity index (χ3v) is 4.27. The molecule has 0 bridgehead atoms. The normalized spacial score (nSPS) is 10.7. The zero-order valence-electron chi connectivity index (χ0n) is 12.5. The van der Waals surface area contributed by atoms with Gasteiger partial charge in [0.2, 0.25) is 0 Å². The van der Waals surface area contributed by atoms with Crippen molar-refractivity contribution in [1.82, 2.24) is 9.78 Å². The average Bonchev–Trinajstić information content (AvgIpc) is 2.78. The van der Waals surface area contributed by atoms with Gasteiger partial charge in [-0.05, 0) is 28.4 Å². The van der Waals surface area contributed by atoms with Crippen LogP contribution in [0.2, 0.25) is 0 Å². The molecule has 0 saturated heterocycles. The van der Waals surface area contributed by atoms with Crippen molar-refractivity contribution < 1.29 is 9.47 Å². The third kappa shape index (κ3) is 3.22. The Labute approximate surface area is 133 Å². The molecule has 0 fully saturated rings. The quantitative estimate of drug-likeness (QED) is 0.867. The number of hydrogen-bond acceptors (Lipinski definition) is 4. The zero-order valence-corrected chi connectivity index (χ0v) is 14.1. The van der Waals surface area contributed by atoms with Gasteiger partial charge in [0.25, 0.3) is 0 Å². The summed E-state index contributed by atoms with van der Waals surface area (Å²) in [7, 11) is 3.53. The first kappa shape index (κ1) is 15.9. The van der Waals surface area contributed by atoms with E-state index in [0.29, 0.717) is 24.7 Å². The molecule has 0 radical (unpaired) electrons. The number of nitrogens with two attached hydrogens (primary N) is 1. The van der Waals surface area contributed by atoms with Crippen LogP contribution in [-0.4, -0.2) is 16.9 Å². The Morgan fingerprint density at radius 3 is 2.71 bits per heavy atom. The Balaban J connectivity index is 2.26. The van der Waals surface area contributed by atoms with Crippen molar-refractivity contribution in [1.29, 1.82) is 0 Å². The summed E-state index contributed by atoms with van der Waals surface area (Å²) in [5.41, 5.74) is 8.70. The molecule has 0 amide bonds. The number of aromatic nitrogens is 2. The fourth-order valence-electron chi connectivity index (χ4n) is 2.16. The maximum absolute atomic E-state index is 5.96. The minimum atomic E-state index is 0.400. The second-order valence-corrected chi connectivity index (χ2v) is 5.42. The lowest BCUT2D eigenvalue weighted by Gasteiger charge is -2.14. The van der Waals surface area contributed by atoms with Crippen molar-refractivity contribution in [2.45, 2.75) is 26.5 Å². The van der Waals surface area contributed by atoms with E-state index in [9.17, 15) is 0 Å². The molecule has 0 aliphatic carbocycles. The smallest absolute Gasteiger partial charge is 0.166 e. The Hall–Kier alpha value is -1.53. The lowest BCUT2D eigenvalue weighted by molar-refractivity contribution is 0.272. The topological polar surface area (TPSA) is 62.3 Å². The minimum absolute atomic E-state index is 0.400. The number of halogens is 1. The zero-order chi connectivity index (χ0) is 15.4. The summed E-state index contributed by atoms with van der Waals surface area (Å²) < 4.78 is 14.1. The van der Waals surface area contributed by atoms with Crippen LogP contribution in [0.4, 0.5) is 0 Å². The van der Waals surface area contributed by atoms with Crippen LogP contribution in [0.25, 0.3) is 0 Å². The molecule has 0 saturated carbocycles. The van der Waals surface area contributed by atoms with Gasteiger partial charge in [-0.1, -0.05) is 19.1 Å². The number of para-hydroxylation sites is 1. The predicted octanol–water partition coefficient (Wildman–Crippen LogP) is 2.79. The number of benzene rings is 1. The minimum Gasteiger partial charge on any atom is -0.493 e. The van der Waals surface area contributed by atoms with E-state index in [-0.39, 0.29) is 0 Å². The molecule has 6 heteroatoms. The van der Waals surface area contributed by atoms with Gasteiger partial charge in [-0.25, -0.2) is 0 Å². The molecule has 114 valence electrons. The first-order chi connectivity index (χ1) is 10.1. The summed E-state index contributed by atoms with van der Waals surface area (Å²) in [6.45, 7) is 2.88. The van der Waals surface area contributed by atoms with E-state index < -0.39 is 0 Å². The summed E-state index contributed by atoms with van der Waals surface area (Å²) in [5, 5.41) is 4.46. The summed E-state index contributed by atoms with van der Waals surface area (Å²) in [4.78, 5) is 0.